The summed E-state index contributed by atoms with van der Waals surface area (Å²) in [5, 5.41) is 0.544. The average molecular weight is 254 g/mol. The second-order valence-corrected chi connectivity index (χ2v) is 5.20. The van der Waals surface area contributed by atoms with Gasteiger partial charge in [-0.2, -0.15) is 0 Å². The first kappa shape index (κ1) is 11.2. The zero-order chi connectivity index (χ0) is 11.8. The van der Waals surface area contributed by atoms with E-state index in [1.807, 2.05) is 6.07 Å². The van der Waals surface area contributed by atoms with E-state index in [2.05, 4.69) is 21.9 Å². The standard InChI is InChI=1S/C12H16ClN3O/c1-16(9-4-5-17-7-9)11-6-10(13)14-12(15-11)8-2-3-8/h6,8-9H,2-5,7H2,1H3. The number of aromatic nitrogens is 2. The summed E-state index contributed by atoms with van der Waals surface area (Å²) in [5.41, 5.74) is 0. The summed E-state index contributed by atoms with van der Waals surface area (Å²) in [4.78, 5) is 11.1. The van der Waals surface area contributed by atoms with Gasteiger partial charge in [-0.25, -0.2) is 9.97 Å². The van der Waals surface area contributed by atoms with Gasteiger partial charge in [0.25, 0.3) is 0 Å². The molecular weight excluding hydrogens is 238 g/mol. The number of anilines is 1. The molecule has 1 saturated carbocycles. The van der Waals surface area contributed by atoms with E-state index in [0.29, 0.717) is 17.1 Å². The fourth-order valence-corrected chi connectivity index (χ4v) is 2.33. The third-order valence-corrected chi connectivity index (χ3v) is 3.65. The van der Waals surface area contributed by atoms with Crippen LogP contribution in [0.2, 0.25) is 5.15 Å². The maximum Gasteiger partial charge on any atom is 0.135 e. The van der Waals surface area contributed by atoms with Gasteiger partial charge in [0, 0.05) is 25.6 Å². The van der Waals surface area contributed by atoms with Crippen molar-refractivity contribution in [1.29, 1.82) is 0 Å². The highest BCUT2D eigenvalue weighted by molar-refractivity contribution is 6.29. The summed E-state index contributed by atoms with van der Waals surface area (Å²) in [6.45, 7) is 1.61. The van der Waals surface area contributed by atoms with Crippen LogP contribution in [0.15, 0.2) is 6.07 Å². The van der Waals surface area contributed by atoms with Crippen LogP contribution in [-0.2, 0) is 4.74 Å². The monoisotopic (exact) mass is 253 g/mol. The molecule has 92 valence electrons. The molecule has 0 aromatic carbocycles. The fraction of sp³-hybridized carbons (Fsp3) is 0.667. The van der Waals surface area contributed by atoms with E-state index >= 15 is 0 Å². The Kier molecular flexibility index (Phi) is 2.92. The van der Waals surface area contributed by atoms with Crippen molar-refractivity contribution in [2.45, 2.75) is 31.2 Å². The van der Waals surface area contributed by atoms with Crippen molar-refractivity contribution in [1.82, 2.24) is 9.97 Å². The summed E-state index contributed by atoms with van der Waals surface area (Å²) in [6, 6.07) is 2.25. The highest BCUT2D eigenvalue weighted by Gasteiger charge is 2.28. The molecular formula is C12H16ClN3O. The molecule has 1 aliphatic carbocycles. The number of hydrogen-bond donors (Lipinski definition) is 0. The smallest absolute Gasteiger partial charge is 0.135 e. The zero-order valence-electron chi connectivity index (χ0n) is 9.90. The van der Waals surface area contributed by atoms with Gasteiger partial charge in [0.2, 0.25) is 0 Å². The van der Waals surface area contributed by atoms with E-state index in [-0.39, 0.29) is 0 Å². The van der Waals surface area contributed by atoms with Gasteiger partial charge in [0.1, 0.15) is 16.8 Å². The van der Waals surface area contributed by atoms with E-state index in [4.69, 9.17) is 16.3 Å². The second kappa shape index (κ2) is 4.42. The molecule has 1 saturated heterocycles. The Morgan fingerprint density at radius 1 is 1.35 bits per heavy atom. The van der Waals surface area contributed by atoms with Crippen molar-refractivity contribution in [3.8, 4) is 0 Å². The quantitative estimate of drug-likeness (QED) is 0.775. The molecule has 0 bridgehead atoms. The Bertz CT molecular complexity index is 416. The van der Waals surface area contributed by atoms with Crippen LogP contribution in [0.25, 0.3) is 0 Å². The highest BCUT2D eigenvalue weighted by Crippen LogP contribution is 2.39. The van der Waals surface area contributed by atoms with Gasteiger partial charge >= 0.3 is 0 Å². The van der Waals surface area contributed by atoms with E-state index in [1.165, 1.54) is 12.8 Å². The lowest BCUT2D eigenvalue weighted by molar-refractivity contribution is 0.193. The molecule has 0 amide bonds. The summed E-state index contributed by atoms with van der Waals surface area (Å²) in [5.74, 6) is 2.35. The zero-order valence-corrected chi connectivity index (χ0v) is 10.7. The van der Waals surface area contributed by atoms with Crippen LogP contribution in [0.4, 0.5) is 5.82 Å². The third-order valence-electron chi connectivity index (χ3n) is 3.46. The summed E-state index contributed by atoms with van der Waals surface area (Å²) >= 11 is 6.06. The molecule has 0 N–H and O–H groups in total. The molecule has 1 aromatic heterocycles. The number of hydrogen-bond acceptors (Lipinski definition) is 4. The number of ether oxygens (including phenoxy) is 1. The maximum absolute atomic E-state index is 6.06. The molecule has 0 radical (unpaired) electrons. The lowest BCUT2D eigenvalue weighted by Crippen LogP contribution is -2.32. The van der Waals surface area contributed by atoms with Crippen LogP contribution in [0.1, 0.15) is 31.0 Å². The summed E-state index contributed by atoms with van der Waals surface area (Å²) in [6.07, 6.45) is 3.43. The molecule has 1 aliphatic heterocycles. The van der Waals surface area contributed by atoms with Crippen molar-refractivity contribution in [2.75, 3.05) is 25.2 Å². The molecule has 2 heterocycles. The first-order valence-electron chi connectivity index (χ1n) is 6.09. The van der Waals surface area contributed by atoms with Gasteiger partial charge in [-0.3, -0.25) is 0 Å². The maximum atomic E-state index is 6.06. The van der Waals surface area contributed by atoms with Gasteiger partial charge < -0.3 is 9.64 Å². The van der Waals surface area contributed by atoms with Crippen molar-refractivity contribution in [3.05, 3.63) is 17.0 Å². The number of rotatable bonds is 3. The Labute approximate surface area is 106 Å². The largest absolute Gasteiger partial charge is 0.379 e. The van der Waals surface area contributed by atoms with Crippen molar-refractivity contribution in [2.24, 2.45) is 0 Å². The minimum atomic E-state index is 0.410. The molecule has 1 aromatic rings. The van der Waals surface area contributed by atoms with Gasteiger partial charge in [0.15, 0.2) is 0 Å². The number of nitrogens with zero attached hydrogens (tertiary/aromatic N) is 3. The first-order valence-corrected chi connectivity index (χ1v) is 6.47. The number of halogens is 1. The normalized spacial score (nSPS) is 24.0. The van der Waals surface area contributed by atoms with E-state index in [0.717, 1.165) is 31.3 Å². The summed E-state index contributed by atoms with van der Waals surface area (Å²) < 4.78 is 5.40. The van der Waals surface area contributed by atoms with Crippen molar-refractivity contribution < 1.29 is 4.74 Å². The van der Waals surface area contributed by atoms with Crippen molar-refractivity contribution in [3.63, 3.8) is 0 Å². The molecule has 4 nitrogen and oxygen atoms in total. The van der Waals surface area contributed by atoms with Gasteiger partial charge in [-0.1, -0.05) is 11.6 Å². The Hall–Kier alpha value is -0.870. The molecule has 17 heavy (non-hydrogen) atoms. The lowest BCUT2D eigenvalue weighted by atomic mass is 10.2. The van der Waals surface area contributed by atoms with E-state index in [9.17, 15) is 0 Å². The molecule has 1 unspecified atom stereocenters. The van der Waals surface area contributed by atoms with Crippen LogP contribution < -0.4 is 4.90 Å². The predicted molar refractivity (Wildman–Crippen MR) is 66.6 cm³/mol. The van der Waals surface area contributed by atoms with E-state index in [1.54, 1.807) is 0 Å². The first-order chi connectivity index (χ1) is 8.24. The lowest BCUT2D eigenvalue weighted by Gasteiger charge is -2.24. The molecule has 1 atom stereocenters. The van der Waals surface area contributed by atoms with Crippen LogP contribution in [0.3, 0.4) is 0 Å². The van der Waals surface area contributed by atoms with Crippen LogP contribution in [-0.4, -0.2) is 36.3 Å². The molecule has 3 rings (SSSR count). The van der Waals surface area contributed by atoms with Crippen LogP contribution >= 0.6 is 11.6 Å². The highest BCUT2D eigenvalue weighted by atomic mass is 35.5. The van der Waals surface area contributed by atoms with Gasteiger partial charge in [-0.05, 0) is 19.3 Å². The molecule has 2 aliphatic rings. The van der Waals surface area contributed by atoms with Crippen molar-refractivity contribution >= 4 is 17.4 Å². The van der Waals surface area contributed by atoms with E-state index < -0.39 is 0 Å². The fourth-order valence-electron chi connectivity index (χ4n) is 2.14. The summed E-state index contributed by atoms with van der Waals surface area (Å²) in [7, 11) is 2.05. The molecule has 2 fully saturated rings. The minimum absolute atomic E-state index is 0.410. The third kappa shape index (κ3) is 2.38. The molecule has 5 heteroatoms. The minimum Gasteiger partial charge on any atom is -0.379 e. The van der Waals surface area contributed by atoms with Gasteiger partial charge in [0.05, 0.1) is 12.6 Å². The predicted octanol–water partition coefficient (Wildman–Crippen LogP) is 2.23. The molecule has 0 spiro atoms. The SMILES string of the molecule is CN(c1cc(Cl)nc(C2CC2)n1)C1CCOC1. The average Bonchev–Trinajstić information content (AvgIpc) is 3.03. The van der Waals surface area contributed by atoms with Crippen LogP contribution in [0, 0.1) is 0 Å². The number of likely N-dealkylation sites (N-methyl/N-ethyl adjacent to an activating group) is 1. The van der Waals surface area contributed by atoms with Gasteiger partial charge in [-0.15, -0.1) is 0 Å². The van der Waals surface area contributed by atoms with Crippen LogP contribution in [0.5, 0.6) is 0 Å². The topological polar surface area (TPSA) is 38.2 Å². The Balaban J connectivity index is 1.85. The Morgan fingerprint density at radius 3 is 2.82 bits per heavy atom. The second-order valence-electron chi connectivity index (χ2n) is 4.81. The Morgan fingerprint density at radius 2 is 2.18 bits per heavy atom.